The summed E-state index contributed by atoms with van der Waals surface area (Å²) in [5.41, 5.74) is 3.67. The molecule has 0 aromatic carbocycles. The van der Waals surface area contributed by atoms with Crippen LogP contribution in [0.3, 0.4) is 0 Å². The molecular formula is C14H18N2OS2. The zero-order valence-corrected chi connectivity index (χ0v) is 12.4. The van der Waals surface area contributed by atoms with Crippen LogP contribution < -0.4 is 5.43 Å². The molecule has 0 amide bonds. The zero-order valence-electron chi connectivity index (χ0n) is 10.7. The van der Waals surface area contributed by atoms with E-state index >= 15 is 0 Å². The van der Waals surface area contributed by atoms with Crippen LogP contribution in [0.15, 0.2) is 35.0 Å². The number of ether oxygens (including phenoxy) is 1. The van der Waals surface area contributed by atoms with Crippen LogP contribution in [0.5, 0.6) is 0 Å². The second-order valence-corrected chi connectivity index (χ2v) is 6.59. The molecule has 0 aliphatic carbocycles. The minimum absolute atomic E-state index is 0.372. The average Bonchev–Trinajstić information content (AvgIpc) is 3.12. The van der Waals surface area contributed by atoms with Crippen LogP contribution in [0.4, 0.5) is 0 Å². The Morgan fingerprint density at radius 3 is 2.63 bits per heavy atom. The van der Waals surface area contributed by atoms with Crippen molar-refractivity contribution in [1.29, 1.82) is 0 Å². The minimum Gasteiger partial charge on any atom is -0.379 e. The van der Waals surface area contributed by atoms with Gasteiger partial charge in [0.2, 0.25) is 0 Å². The van der Waals surface area contributed by atoms with Crippen LogP contribution in [0.2, 0.25) is 0 Å². The summed E-state index contributed by atoms with van der Waals surface area (Å²) in [6.45, 7) is 3.57. The van der Waals surface area contributed by atoms with Crippen molar-refractivity contribution in [2.45, 2.75) is 12.5 Å². The first-order valence-corrected chi connectivity index (χ1v) is 8.32. The van der Waals surface area contributed by atoms with Crippen molar-refractivity contribution in [2.24, 2.45) is 0 Å². The molecule has 0 radical (unpaired) electrons. The molecule has 1 saturated heterocycles. The predicted octanol–water partition coefficient (Wildman–Crippen LogP) is 2.93. The van der Waals surface area contributed by atoms with Gasteiger partial charge in [0, 0.05) is 29.3 Å². The molecule has 0 bridgehead atoms. The molecule has 3 rings (SSSR count). The maximum absolute atomic E-state index is 5.40. The van der Waals surface area contributed by atoms with Crippen molar-refractivity contribution in [3.05, 3.63) is 44.8 Å². The van der Waals surface area contributed by atoms with Crippen molar-refractivity contribution in [3.63, 3.8) is 0 Å². The van der Waals surface area contributed by atoms with E-state index in [1.54, 1.807) is 0 Å². The lowest BCUT2D eigenvalue weighted by atomic mass is 10.1. The second-order valence-electron chi connectivity index (χ2n) is 4.58. The van der Waals surface area contributed by atoms with Crippen molar-refractivity contribution in [3.8, 4) is 0 Å². The third-order valence-electron chi connectivity index (χ3n) is 3.22. The van der Waals surface area contributed by atoms with Gasteiger partial charge in [-0.2, -0.15) is 0 Å². The van der Waals surface area contributed by atoms with Crippen LogP contribution in [-0.2, 0) is 11.2 Å². The molecule has 3 nitrogen and oxygen atoms in total. The first kappa shape index (κ1) is 13.3. The molecule has 1 N–H and O–H groups in total. The number of nitrogens with one attached hydrogen (secondary N) is 1. The highest BCUT2D eigenvalue weighted by Gasteiger charge is 2.19. The van der Waals surface area contributed by atoms with Gasteiger partial charge in [0.25, 0.3) is 0 Å². The van der Waals surface area contributed by atoms with Gasteiger partial charge in [0.05, 0.1) is 19.3 Å². The number of morpholine rings is 1. The van der Waals surface area contributed by atoms with E-state index < -0.39 is 0 Å². The molecule has 1 fully saturated rings. The molecule has 2 aromatic heterocycles. The minimum atomic E-state index is 0.372. The molecule has 5 heteroatoms. The molecular weight excluding hydrogens is 276 g/mol. The number of thiophene rings is 2. The number of rotatable bonds is 5. The summed E-state index contributed by atoms with van der Waals surface area (Å²) in [5, 5.41) is 6.59. The Kier molecular flexibility index (Phi) is 4.63. The fraction of sp³-hybridized carbons (Fsp3) is 0.429. The molecule has 2 aromatic rings. The topological polar surface area (TPSA) is 24.5 Å². The molecule has 19 heavy (non-hydrogen) atoms. The maximum Gasteiger partial charge on any atom is 0.0608 e. The summed E-state index contributed by atoms with van der Waals surface area (Å²) in [6, 6.07) is 9.06. The number of nitrogens with zero attached hydrogens (tertiary/aromatic N) is 1. The van der Waals surface area contributed by atoms with E-state index in [1.165, 1.54) is 9.75 Å². The molecule has 1 aliphatic heterocycles. The lowest BCUT2D eigenvalue weighted by Gasteiger charge is -2.31. The largest absolute Gasteiger partial charge is 0.379 e. The van der Waals surface area contributed by atoms with Gasteiger partial charge < -0.3 is 4.74 Å². The molecule has 0 saturated carbocycles. The third-order valence-corrected chi connectivity index (χ3v) is 5.11. The summed E-state index contributed by atoms with van der Waals surface area (Å²) in [7, 11) is 0. The van der Waals surface area contributed by atoms with E-state index in [1.807, 2.05) is 22.7 Å². The molecule has 102 valence electrons. The summed E-state index contributed by atoms with van der Waals surface area (Å²) in [5.74, 6) is 0. The van der Waals surface area contributed by atoms with E-state index in [0.717, 1.165) is 32.7 Å². The number of hydrazine groups is 1. The third kappa shape index (κ3) is 3.64. The first-order valence-electron chi connectivity index (χ1n) is 6.56. The summed E-state index contributed by atoms with van der Waals surface area (Å²) in [6.07, 6.45) is 1.05. The van der Waals surface area contributed by atoms with Crippen molar-refractivity contribution in [1.82, 2.24) is 10.4 Å². The smallest absolute Gasteiger partial charge is 0.0608 e. The fourth-order valence-corrected chi connectivity index (χ4v) is 3.77. The van der Waals surface area contributed by atoms with Crippen LogP contribution >= 0.6 is 22.7 Å². The quantitative estimate of drug-likeness (QED) is 0.917. The fourth-order valence-electron chi connectivity index (χ4n) is 2.24. The van der Waals surface area contributed by atoms with Crippen LogP contribution in [0.1, 0.15) is 15.8 Å². The monoisotopic (exact) mass is 294 g/mol. The van der Waals surface area contributed by atoms with Gasteiger partial charge in [-0.15, -0.1) is 22.7 Å². The molecule has 1 unspecified atom stereocenters. The highest BCUT2D eigenvalue weighted by atomic mass is 32.1. The standard InChI is InChI=1S/C14H18N2OS2/c1-3-12(18-9-1)11-13(14-4-2-10-19-14)15-16-5-7-17-8-6-16/h1-4,9-10,13,15H,5-8,11H2. The molecule has 1 atom stereocenters. The van der Waals surface area contributed by atoms with Crippen molar-refractivity contribution >= 4 is 22.7 Å². The number of hydrogen-bond donors (Lipinski definition) is 1. The summed E-state index contributed by atoms with van der Waals surface area (Å²) in [4.78, 5) is 2.83. The van der Waals surface area contributed by atoms with Gasteiger partial charge >= 0.3 is 0 Å². The zero-order chi connectivity index (χ0) is 12.9. The second kappa shape index (κ2) is 6.63. The lowest BCUT2D eigenvalue weighted by Crippen LogP contribution is -2.47. The number of hydrogen-bond acceptors (Lipinski definition) is 5. The van der Waals surface area contributed by atoms with Gasteiger partial charge in [-0.1, -0.05) is 12.1 Å². The van der Waals surface area contributed by atoms with E-state index in [4.69, 9.17) is 4.74 Å². The summed E-state index contributed by atoms with van der Waals surface area (Å²) >= 11 is 3.66. The highest BCUT2D eigenvalue weighted by Crippen LogP contribution is 2.25. The van der Waals surface area contributed by atoms with E-state index in [-0.39, 0.29) is 0 Å². The summed E-state index contributed by atoms with van der Waals surface area (Å²) < 4.78 is 5.40. The van der Waals surface area contributed by atoms with E-state index in [9.17, 15) is 0 Å². The van der Waals surface area contributed by atoms with Gasteiger partial charge in [-0.3, -0.25) is 0 Å². The van der Waals surface area contributed by atoms with Gasteiger partial charge in [-0.05, 0) is 22.9 Å². The van der Waals surface area contributed by atoms with Crippen LogP contribution in [-0.4, -0.2) is 31.3 Å². The van der Waals surface area contributed by atoms with Crippen molar-refractivity contribution < 1.29 is 4.74 Å². The van der Waals surface area contributed by atoms with Gasteiger partial charge in [-0.25, -0.2) is 10.4 Å². The Hall–Kier alpha value is -0.720. The first-order chi connectivity index (χ1) is 9.42. The average molecular weight is 294 g/mol. The maximum atomic E-state index is 5.40. The van der Waals surface area contributed by atoms with Gasteiger partial charge in [0.1, 0.15) is 0 Å². The van der Waals surface area contributed by atoms with Crippen LogP contribution in [0.25, 0.3) is 0 Å². The van der Waals surface area contributed by atoms with Crippen LogP contribution in [0, 0.1) is 0 Å². The predicted molar refractivity (Wildman–Crippen MR) is 80.6 cm³/mol. The van der Waals surface area contributed by atoms with E-state index in [2.05, 4.69) is 45.5 Å². The highest BCUT2D eigenvalue weighted by molar-refractivity contribution is 7.10. The molecule has 3 heterocycles. The SMILES string of the molecule is c1csc(CC(NN2CCOCC2)c2cccs2)c1. The van der Waals surface area contributed by atoms with Crippen molar-refractivity contribution in [2.75, 3.05) is 26.3 Å². The molecule has 1 aliphatic rings. The Balaban J connectivity index is 1.68. The Labute approximate surface area is 121 Å². The van der Waals surface area contributed by atoms with E-state index in [0.29, 0.717) is 6.04 Å². The normalized spacial score (nSPS) is 18.5. The Morgan fingerprint density at radius 1 is 1.16 bits per heavy atom. The Morgan fingerprint density at radius 2 is 1.95 bits per heavy atom. The Bertz CT molecular complexity index is 464. The molecule has 0 spiro atoms. The van der Waals surface area contributed by atoms with Gasteiger partial charge in [0.15, 0.2) is 0 Å². The lowest BCUT2D eigenvalue weighted by molar-refractivity contribution is 0.00368.